The quantitative estimate of drug-likeness (QED) is 0.383. The zero-order chi connectivity index (χ0) is 16.8. The van der Waals surface area contributed by atoms with E-state index in [1.807, 2.05) is 24.3 Å². The summed E-state index contributed by atoms with van der Waals surface area (Å²) >= 11 is 0. The van der Waals surface area contributed by atoms with Crippen molar-refractivity contribution >= 4 is 13.5 Å². The van der Waals surface area contributed by atoms with Gasteiger partial charge in [-0.05, 0) is 23.5 Å². The summed E-state index contributed by atoms with van der Waals surface area (Å²) in [5, 5.41) is 1.14. The van der Waals surface area contributed by atoms with E-state index in [0.29, 0.717) is 5.92 Å². The molecule has 0 fully saturated rings. The Hall–Kier alpha value is -0.200. The minimum Gasteiger partial charge on any atom is -1.00 e. The fraction of sp³-hybridized carbons (Fsp3) is 0.533. The molecule has 0 saturated carbocycles. The maximum Gasteiger partial charge on any atom is 1.00 e. The van der Waals surface area contributed by atoms with Gasteiger partial charge in [0.2, 0.25) is 5.91 Å². The summed E-state index contributed by atoms with van der Waals surface area (Å²) in [5.41, 5.74) is 2.17. The molecule has 23 heavy (non-hydrogen) atoms. The summed E-state index contributed by atoms with van der Waals surface area (Å²) < 4.78 is 10.8. The molecule has 6 nitrogen and oxygen atoms in total. The smallest absolute Gasteiger partial charge is 1.00 e. The molecule has 1 aromatic carbocycles. The average Bonchev–Trinajstić information content (AvgIpc) is 2.41. The number of carbonyl (C=O) groups excluding carboxylic acids is 1. The Labute approximate surface area is 161 Å². The van der Waals surface area contributed by atoms with Gasteiger partial charge in [-0.3, -0.25) is 14.2 Å². The summed E-state index contributed by atoms with van der Waals surface area (Å²) in [7, 11) is -4.04. The summed E-state index contributed by atoms with van der Waals surface area (Å²) in [6.45, 7) is 5.99. The van der Waals surface area contributed by atoms with Crippen LogP contribution in [0.1, 0.15) is 45.7 Å². The fourth-order valence-corrected chi connectivity index (χ4v) is 2.44. The molecule has 0 heterocycles. The van der Waals surface area contributed by atoms with Crippen molar-refractivity contribution in [1.82, 2.24) is 5.06 Å². The predicted octanol–water partition coefficient (Wildman–Crippen LogP) is -0.226. The first-order valence-corrected chi connectivity index (χ1v) is 9.03. The second kappa shape index (κ2) is 10.6. The van der Waals surface area contributed by atoms with Crippen LogP contribution in [0.25, 0.3) is 0 Å². The first-order valence-electron chi connectivity index (χ1n) is 7.23. The third-order valence-electron chi connectivity index (χ3n) is 3.20. The third kappa shape index (κ3) is 9.62. The van der Waals surface area contributed by atoms with Crippen LogP contribution >= 0.6 is 7.60 Å². The summed E-state index contributed by atoms with van der Waals surface area (Å²) in [5.74, 6) is 0.167. The van der Waals surface area contributed by atoms with Gasteiger partial charge in [0, 0.05) is 13.5 Å². The zero-order valence-electron chi connectivity index (χ0n) is 15.2. The molecule has 1 aromatic rings. The molecular formula is C15H25NNaO5P. The minimum absolute atomic E-state index is 0. The molecular weight excluding hydrogens is 328 g/mol. The Morgan fingerprint density at radius 2 is 1.87 bits per heavy atom. The van der Waals surface area contributed by atoms with Crippen LogP contribution in [-0.4, -0.2) is 33.5 Å². The topological polar surface area (TPSA) is 87.1 Å². The van der Waals surface area contributed by atoms with Crippen molar-refractivity contribution in [2.45, 2.75) is 39.7 Å². The maximum absolute atomic E-state index is 11.5. The van der Waals surface area contributed by atoms with E-state index >= 15 is 0 Å². The normalized spacial score (nSPS) is 11.2. The first kappa shape index (κ1) is 22.8. The predicted molar refractivity (Wildman–Crippen MR) is 85.3 cm³/mol. The van der Waals surface area contributed by atoms with E-state index in [1.54, 1.807) is 0 Å². The van der Waals surface area contributed by atoms with E-state index in [4.69, 9.17) is 14.6 Å². The Balaban J connectivity index is 0. The Kier molecular flexibility index (Phi) is 10.5. The second-order valence-corrected chi connectivity index (χ2v) is 7.31. The fourth-order valence-electron chi connectivity index (χ4n) is 1.88. The van der Waals surface area contributed by atoms with Crippen LogP contribution in [-0.2, 0) is 20.8 Å². The maximum atomic E-state index is 11.5. The average molecular weight is 353 g/mol. The van der Waals surface area contributed by atoms with Crippen LogP contribution in [0.5, 0.6) is 0 Å². The first-order chi connectivity index (χ1) is 10.2. The SMILES string of the molecule is CC(=O)N(CCCP(=O)(O)O)OCc1ccc(C(C)C)cc1.[H-].[Na+]. The molecule has 2 N–H and O–H groups in total. The van der Waals surface area contributed by atoms with Gasteiger partial charge >= 0.3 is 37.2 Å². The van der Waals surface area contributed by atoms with Crippen LogP contribution in [0.4, 0.5) is 0 Å². The van der Waals surface area contributed by atoms with Crippen molar-refractivity contribution < 1.29 is 55.0 Å². The molecule has 1 rings (SSSR count). The molecule has 0 unspecified atom stereocenters. The minimum atomic E-state index is -4.04. The summed E-state index contributed by atoms with van der Waals surface area (Å²) in [6, 6.07) is 7.94. The van der Waals surface area contributed by atoms with E-state index in [0.717, 1.165) is 10.6 Å². The van der Waals surface area contributed by atoms with E-state index in [1.165, 1.54) is 12.5 Å². The van der Waals surface area contributed by atoms with E-state index in [-0.39, 0.29) is 62.6 Å². The van der Waals surface area contributed by atoms with Gasteiger partial charge < -0.3 is 11.2 Å². The number of hydrogen-bond donors (Lipinski definition) is 2. The van der Waals surface area contributed by atoms with Gasteiger partial charge in [0.25, 0.3) is 0 Å². The van der Waals surface area contributed by atoms with Crippen molar-refractivity contribution in [2.24, 2.45) is 0 Å². The Morgan fingerprint density at radius 1 is 1.30 bits per heavy atom. The molecule has 0 aromatic heterocycles. The molecule has 8 heteroatoms. The van der Waals surface area contributed by atoms with Gasteiger partial charge in [-0.25, -0.2) is 5.06 Å². The van der Waals surface area contributed by atoms with Crippen molar-refractivity contribution in [1.29, 1.82) is 0 Å². The zero-order valence-corrected chi connectivity index (χ0v) is 17.1. The number of nitrogens with zero attached hydrogens (tertiary/aromatic N) is 1. The molecule has 0 aliphatic rings. The van der Waals surface area contributed by atoms with Gasteiger partial charge in [0.05, 0.1) is 6.16 Å². The van der Waals surface area contributed by atoms with Gasteiger partial charge in [-0.1, -0.05) is 38.1 Å². The summed E-state index contributed by atoms with van der Waals surface area (Å²) in [6.07, 6.45) is -0.0701. The second-order valence-electron chi connectivity index (χ2n) is 5.53. The Morgan fingerprint density at radius 3 is 2.30 bits per heavy atom. The summed E-state index contributed by atoms with van der Waals surface area (Å²) in [4.78, 5) is 34.5. The molecule has 1 amide bonds. The Bertz CT molecular complexity index is 535. The van der Waals surface area contributed by atoms with Gasteiger partial charge in [0.1, 0.15) is 6.61 Å². The van der Waals surface area contributed by atoms with E-state index in [9.17, 15) is 9.36 Å². The van der Waals surface area contributed by atoms with Gasteiger partial charge in [-0.2, -0.15) is 0 Å². The molecule has 0 bridgehead atoms. The molecule has 0 radical (unpaired) electrons. The molecule has 0 atom stereocenters. The third-order valence-corrected chi connectivity index (χ3v) is 4.09. The van der Waals surface area contributed by atoms with Crippen molar-refractivity contribution in [3.8, 4) is 0 Å². The number of benzene rings is 1. The standard InChI is InChI=1S/C15H24NO5P.Na.H/c1-12(2)15-7-5-14(6-8-15)11-21-16(13(3)17)9-4-10-22(18,19)20;;/h5-8,12H,4,9-11H2,1-3H3,(H2,18,19,20);;/q;+1;-1. The molecule has 0 spiro atoms. The number of hydrogen-bond acceptors (Lipinski definition) is 3. The monoisotopic (exact) mass is 353 g/mol. The number of amides is 1. The van der Waals surface area contributed by atoms with Crippen LogP contribution in [0.15, 0.2) is 24.3 Å². The van der Waals surface area contributed by atoms with Crippen LogP contribution < -0.4 is 29.6 Å². The van der Waals surface area contributed by atoms with Crippen molar-refractivity contribution in [3.63, 3.8) is 0 Å². The molecule has 126 valence electrons. The van der Waals surface area contributed by atoms with Crippen molar-refractivity contribution in [2.75, 3.05) is 12.7 Å². The molecule has 0 aliphatic heterocycles. The van der Waals surface area contributed by atoms with Crippen molar-refractivity contribution in [3.05, 3.63) is 35.4 Å². The van der Waals surface area contributed by atoms with Crippen LogP contribution in [0.3, 0.4) is 0 Å². The van der Waals surface area contributed by atoms with Crippen LogP contribution in [0.2, 0.25) is 0 Å². The largest absolute Gasteiger partial charge is 1.00 e. The van der Waals surface area contributed by atoms with E-state index < -0.39 is 7.60 Å². The number of rotatable bonds is 8. The number of hydroxylamine groups is 2. The van der Waals surface area contributed by atoms with Gasteiger partial charge in [-0.15, -0.1) is 0 Å². The molecule has 0 saturated heterocycles. The van der Waals surface area contributed by atoms with Gasteiger partial charge in [0.15, 0.2) is 0 Å². The van der Waals surface area contributed by atoms with Crippen LogP contribution in [0, 0.1) is 0 Å². The number of carbonyl (C=O) groups is 1. The molecule has 0 aliphatic carbocycles. The van der Waals surface area contributed by atoms with E-state index in [2.05, 4.69) is 13.8 Å².